The molecule has 0 aliphatic rings. The molecule has 0 amide bonds. The molecule has 4 nitrogen and oxygen atoms in total. The van der Waals surface area contributed by atoms with Crippen LogP contribution < -0.4 is 14.8 Å². The number of benzene rings is 1. The molecule has 4 heteroatoms. The van der Waals surface area contributed by atoms with Crippen LogP contribution in [0, 0.1) is 5.92 Å². The molecule has 0 bridgehead atoms. The van der Waals surface area contributed by atoms with Gasteiger partial charge in [0.15, 0.2) is 11.5 Å². The molecule has 0 heterocycles. The molecule has 0 fully saturated rings. The van der Waals surface area contributed by atoms with Gasteiger partial charge in [0.1, 0.15) is 0 Å². The van der Waals surface area contributed by atoms with E-state index in [9.17, 15) is 5.11 Å². The maximum absolute atomic E-state index is 10.3. The van der Waals surface area contributed by atoms with Crippen molar-refractivity contribution in [3.8, 4) is 11.5 Å². The van der Waals surface area contributed by atoms with Crippen LogP contribution in [-0.2, 0) is 0 Å². The molecule has 0 radical (unpaired) electrons. The maximum atomic E-state index is 10.3. The summed E-state index contributed by atoms with van der Waals surface area (Å²) in [7, 11) is 3.19. The second kappa shape index (κ2) is 7.36. The third-order valence-corrected chi connectivity index (χ3v) is 3.07. The Morgan fingerprint density at radius 3 is 2.26 bits per heavy atom. The largest absolute Gasteiger partial charge is 0.493 e. The summed E-state index contributed by atoms with van der Waals surface area (Å²) in [5.74, 6) is 1.86. The van der Waals surface area contributed by atoms with Gasteiger partial charge in [-0.1, -0.05) is 19.9 Å². The summed E-state index contributed by atoms with van der Waals surface area (Å²) in [6, 6.07) is 5.48. The number of hydrogen-bond acceptors (Lipinski definition) is 4. The molecule has 0 aliphatic heterocycles. The van der Waals surface area contributed by atoms with Gasteiger partial charge in [0.05, 0.1) is 20.3 Å². The van der Waals surface area contributed by atoms with E-state index in [2.05, 4.69) is 19.2 Å². The first kappa shape index (κ1) is 15.8. The van der Waals surface area contributed by atoms with E-state index in [0.29, 0.717) is 17.4 Å². The molecule has 2 unspecified atom stereocenters. The zero-order valence-corrected chi connectivity index (χ0v) is 12.4. The van der Waals surface area contributed by atoms with Gasteiger partial charge in [0.2, 0.25) is 0 Å². The fourth-order valence-corrected chi connectivity index (χ4v) is 1.86. The molecule has 1 aromatic rings. The fraction of sp³-hybridized carbons (Fsp3) is 0.600. The van der Waals surface area contributed by atoms with E-state index >= 15 is 0 Å². The number of methoxy groups -OCH3 is 2. The van der Waals surface area contributed by atoms with Crippen molar-refractivity contribution in [3.63, 3.8) is 0 Å². The number of hydrogen-bond donors (Lipinski definition) is 2. The van der Waals surface area contributed by atoms with Crippen LogP contribution in [0.3, 0.4) is 0 Å². The lowest BCUT2D eigenvalue weighted by atomic mass is 10.0. The van der Waals surface area contributed by atoms with Crippen LogP contribution >= 0.6 is 0 Å². The van der Waals surface area contributed by atoms with Crippen molar-refractivity contribution in [2.45, 2.75) is 32.9 Å². The Morgan fingerprint density at radius 2 is 1.74 bits per heavy atom. The highest BCUT2D eigenvalue weighted by Gasteiger charge is 2.18. The second-order valence-corrected chi connectivity index (χ2v) is 5.15. The molecule has 0 aliphatic carbocycles. The normalized spacial score (nSPS) is 14.3. The van der Waals surface area contributed by atoms with E-state index in [1.807, 2.05) is 25.1 Å². The first-order valence-corrected chi connectivity index (χ1v) is 6.63. The number of nitrogens with one attached hydrogen (secondary N) is 1. The average Bonchev–Trinajstić information content (AvgIpc) is 2.42. The third-order valence-electron chi connectivity index (χ3n) is 3.07. The van der Waals surface area contributed by atoms with Crippen LogP contribution in [-0.4, -0.2) is 31.9 Å². The van der Waals surface area contributed by atoms with Gasteiger partial charge in [-0.3, -0.25) is 0 Å². The van der Waals surface area contributed by atoms with E-state index < -0.39 is 6.10 Å². The second-order valence-electron chi connectivity index (χ2n) is 5.15. The average molecular weight is 267 g/mol. The summed E-state index contributed by atoms with van der Waals surface area (Å²) in [5, 5.41) is 13.7. The quantitative estimate of drug-likeness (QED) is 0.796. The van der Waals surface area contributed by atoms with Crippen molar-refractivity contribution in [2.75, 3.05) is 20.8 Å². The van der Waals surface area contributed by atoms with E-state index in [4.69, 9.17) is 9.47 Å². The van der Waals surface area contributed by atoms with Gasteiger partial charge in [-0.25, -0.2) is 0 Å². The topological polar surface area (TPSA) is 50.7 Å². The summed E-state index contributed by atoms with van der Waals surface area (Å²) >= 11 is 0. The van der Waals surface area contributed by atoms with Crippen LogP contribution in [0.25, 0.3) is 0 Å². The Kier molecular flexibility index (Phi) is 6.12. The summed E-state index contributed by atoms with van der Waals surface area (Å²) in [6.07, 6.45) is -0.571. The van der Waals surface area contributed by atoms with E-state index in [1.54, 1.807) is 14.2 Å². The van der Waals surface area contributed by atoms with Gasteiger partial charge in [0.25, 0.3) is 0 Å². The summed E-state index contributed by atoms with van der Waals surface area (Å²) in [6.45, 7) is 7.14. The maximum Gasteiger partial charge on any atom is 0.161 e. The van der Waals surface area contributed by atoms with Gasteiger partial charge < -0.3 is 19.9 Å². The van der Waals surface area contributed by atoms with Crippen LogP contribution in [0.4, 0.5) is 0 Å². The summed E-state index contributed by atoms with van der Waals surface area (Å²) < 4.78 is 10.4. The smallest absolute Gasteiger partial charge is 0.161 e. The van der Waals surface area contributed by atoms with Crippen LogP contribution in [0.15, 0.2) is 18.2 Å². The molecular weight excluding hydrogens is 242 g/mol. The lowest BCUT2D eigenvalue weighted by Gasteiger charge is -2.22. The lowest BCUT2D eigenvalue weighted by Crippen LogP contribution is -2.34. The summed E-state index contributed by atoms with van der Waals surface area (Å²) in [5.41, 5.74) is 0.821. The number of rotatable bonds is 7. The van der Waals surface area contributed by atoms with Crippen LogP contribution in [0.5, 0.6) is 11.5 Å². The Morgan fingerprint density at radius 1 is 1.11 bits per heavy atom. The molecular formula is C15H25NO3. The van der Waals surface area contributed by atoms with Crippen molar-refractivity contribution >= 4 is 0 Å². The minimum atomic E-state index is -0.571. The van der Waals surface area contributed by atoms with E-state index in [-0.39, 0.29) is 6.04 Å². The van der Waals surface area contributed by atoms with Crippen molar-refractivity contribution < 1.29 is 14.6 Å². The van der Waals surface area contributed by atoms with E-state index in [0.717, 1.165) is 12.1 Å². The molecule has 0 aromatic heterocycles. The molecule has 2 N–H and O–H groups in total. The van der Waals surface area contributed by atoms with Gasteiger partial charge in [-0.05, 0) is 37.1 Å². The third kappa shape index (κ3) is 4.40. The Labute approximate surface area is 115 Å². The van der Waals surface area contributed by atoms with Crippen LogP contribution in [0.1, 0.15) is 32.4 Å². The number of ether oxygens (including phenoxy) is 2. The Hall–Kier alpha value is -1.26. The zero-order valence-electron chi connectivity index (χ0n) is 12.4. The monoisotopic (exact) mass is 267 g/mol. The molecule has 0 spiro atoms. The Balaban J connectivity index is 2.78. The van der Waals surface area contributed by atoms with E-state index in [1.165, 1.54) is 0 Å². The molecule has 1 aromatic carbocycles. The highest BCUT2D eigenvalue weighted by molar-refractivity contribution is 5.43. The predicted molar refractivity (Wildman–Crippen MR) is 76.8 cm³/mol. The van der Waals surface area contributed by atoms with Gasteiger partial charge in [0, 0.05) is 6.04 Å². The van der Waals surface area contributed by atoms with Crippen molar-refractivity contribution in [1.82, 2.24) is 5.32 Å². The first-order chi connectivity index (χ1) is 8.99. The molecule has 0 saturated heterocycles. The highest BCUT2D eigenvalue weighted by atomic mass is 16.5. The number of aliphatic hydroxyl groups excluding tert-OH is 1. The van der Waals surface area contributed by atoms with Crippen LogP contribution in [0.2, 0.25) is 0 Å². The van der Waals surface area contributed by atoms with Gasteiger partial charge >= 0.3 is 0 Å². The lowest BCUT2D eigenvalue weighted by molar-refractivity contribution is 0.134. The molecule has 19 heavy (non-hydrogen) atoms. The SMILES string of the molecule is COc1ccc(C(O)C(C)NCC(C)C)cc1OC. The highest BCUT2D eigenvalue weighted by Crippen LogP contribution is 2.30. The van der Waals surface area contributed by atoms with Gasteiger partial charge in [-0.15, -0.1) is 0 Å². The first-order valence-electron chi connectivity index (χ1n) is 6.63. The molecule has 2 atom stereocenters. The Bertz CT molecular complexity index is 393. The fourth-order valence-electron chi connectivity index (χ4n) is 1.86. The molecule has 108 valence electrons. The summed E-state index contributed by atoms with van der Waals surface area (Å²) in [4.78, 5) is 0. The predicted octanol–water partition coefficient (Wildman–Crippen LogP) is 2.37. The molecule has 1 rings (SSSR count). The van der Waals surface area contributed by atoms with Crippen molar-refractivity contribution in [1.29, 1.82) is 0 Å². The van der Waals surface area contributed by atoms with Crippen molar-refractivity contribution in [3.05, 3.63) is 23.8 Å². The zero-order chi connectivity index (χ0) is 14.4. The van der Waals surface area contributed by atoms with Crippen molar-refractivity contribution in [2.24, 2.45) is 5.92 Å². The minimum Gasteiger partial charge on any atom is -0.493 e. The molecule has 0 saturated carbocycles. The number of aliphatic hydroxyl groups is 1. The minimum absolute atomic E-state index is 0.0134. The standard InChI is InChI=1S/C15H25NO3/c1-10(2)9-16-11(3)15(17)12-6-7-13(18-4)14(8-12)19-5/h6-8,10-11,15-17H,9H2,1-5H3. The van der Waals surface area contributed by atoms with Gasteiger partial charge in [-0.2, -0.15) is 0 Å².